The predicted octanol–water partition coefficient (Wildman–Crippen LogP) is 3.31. The molecule has 1 aromatic heterocycles. The van der Waals surface area contributed by atoms with Crippen molar-refractivity contribution < 1.29 is 9.90 Å². The number of carbonyl (C=O) groups excluding carboxylic acids is 1. The molecule has 0 radical (unpaired) electrons. The fraction of sp³-hybridized carbons (Fsp3) is 0.500. The average Bonchev–Trinajstić information content (AvgIpc) is 2.78. The van der Waals surface area contributed by atoms with Crippen LogP contribution in [0.25, 0.3) is 10.9 Å². The quantitative estimate of drug-likeness (QED) is 0.793. The van der Waals surface area contributed by atoms with Gasteiger partial charge in [-0.2, -0.15) is 0 Å². The number of rotatable bonds is 5. The summed E-state index contributed by atoms with van der Waals surface area (Å²) in [6.07, 6.45) is 0.281. The maximum absolute atomic E-state index is 12.3. The first-order valence-electron chi connectivity index (χ1n) is 7.74. The molecule has 3 N–H and O–H groups in total. The molecule has 1 atom stereocenters. The van der Waals surface area contributed by atoms with Crippen LogP contribution in [-0.4, -0.2) is 28.6 Å². The van der Waals surface area contributed by atoms with Crippen LogP contribution in [-0.2, 0) is 0 Å². The Kier molecular flexibility index (Phi) is 4.61. The summed E-state index contributed by atoms with van der Waals surface area (Å²) in [5, 5.41) is 13.5. The van der Waals surface area contributed by atoms with Gasteiger partial charge in [0.25, 0.3) is 5.91 Å². The molecule has 0 fully saturated rings. The fourth-order valence-corrected chi connectivity index (χ4v) is 3.01. The molecule has 0 aliphatic carbocycles. The van der Waals surface area contributed by atoms with Gasteiger partial charge in [0.2, 0.25) is 0 Å². The van der Waals surface area contributed by atoms with Crippen molar-refractivity contribution in [3.63, 3.8) is 0 Å². The van der Waals surface area contributed by atoms with Gasteiger partial charge >= 0.3 is 0 Å². The summed E-state index contributed by atoms with van der Waals surface area (Å²) in [6, 6.07) is 6.07. The number of nitrogens with one attached hydrogen (secondary N) is 2. The highest BCUT2D eigenvalue weighted by Crippen LogP contribution is 2.23. The van der Waals surface area contributed by atoms with Crippen LogP contribution >= 0.6 is 0 Å². The lowest BCUT2D eigenvalue weighted by Crippen LogP contribution is -2.35. The Balaban J connectivity index is 2.12. The maximum Gasteiger partial charge on any atom is 0.267 e. The molecule has 0 saturated heterocycles. The van der Waals surface area contributed by atoms with Crippen LogP contribution in [0, 0.1) is 19.3 Å². The van der Waals surface area contributed by atoms with Crippen LogP contribution in [0.5, 0.6) is 0 Å². The number of benzene rings is 1. The lowest BCUT2D eigenvalue weighted by atomic mass is 9.87. The Morgan fingerprint density at radius 2 is 2.00 bits per heavy atom. The van der Waals surface area contributed by atoms with Gasteiger partial charge in [-0.15, -0.1) is 0 Å². The number of aryl methyl sites for hydroxylation is 2. The number of amides is 1. The van der Waals surface area contributed by atoms with E-state index in [0.29, 0.717) is 18.7 Å². The number of aliphatic hydroxyl groups excluding tert-OH is 1. The molecule has 1 heterocycles. The summed E-state index contributed by atoms with van der Waals surface area (Å²) in [6.45, 7) is 10.5. The third-order valence-electron chi connectivity index (χ3n) is 3.91. The van der Waals surface area contributed by atoms with Crippen molar-refractivity contribution in [1.82, 2.24) is 10.3 Å². The summed E-state index contributed by atoms with van der Waals surface area (Å²) < 4.78 is 0. The summed E-state index contributed by atoms with van der Waals surface area (Å²) in [7, 11) is 0. The van der Waals surface area contributed by atoms with Crippen LogP contribution in [0.2, 0.25) is 0 Å². The summed E-state index contributed by atoms with van der Waals surface area (Å²) >= 11 is 0. The molecule has 120 valence electrons. The Bertz CT molecular complexity index is 684. The smallest absolute Gasteiger partial charge is 0.267 e. The van der Waals surface area contributed by atoms with Crippen molar-refractivity contribution in [1.29, 1.82) is 0 Å². The number of hydrogen-bond donors (Lipinski definition) is 3. The zero-order chi connectivity index (χ0) is 16.5. The van der Waals surface area contributed by atoms with E-state index in [1.165, 1.54) is 11.1 Å². The lowest BCUT2D eigenvalue weighted by Gasteiger charge is -2.26. The average molecular weight is 302 g/mol. The predicted molar refractivity (Wildman–Crippen MR) is 90.2 cm³/mol. The van der Waals surface area contributed by atoms with Gasteiger partial charge in [-0.25, -0.2) is 0 Å². The number of fused-ring (bicyclic) bond motifs is 1. The van der Waals surface area contributed by atoms with Crippen LogP contribution in [0.4, 0.5) is 0 Å². The molecular formula is C18H26N2O2. The third kappa shape index (κ3) is 3.89. The molecule has 4 nitrogen and oxygen atoms in total. The van der Waals surface area contributed by atoms with E-state index in [9.17, 15) is 9.90 Å². The van der Waals surface area contributed by atoms with Gasteiger partial charge in [-0.1, -0.05) is 19.9 Å². The minimum atomic E-state index is -0.370. The van der Waals surface area contributed by atoms with Gasteiger partial charge in [0.15, 0.2) is 0 Å². The fourth-order valence-electron chi connectivity index (χ4n) is 3.01. The lowest BCUT2D eigenvalue weighted by molar-refractivity contribution is 0.0898. The third-order valence-corrected chi connectivity index (χ3v) is 3.91. The van der Waals surface area contributed by atoms with E-state index in [-0.39, 0.29) is 17.4 Å². The molecule has 1 aromatic carbocycles. The Hall–Kier alpha value is -1.81. The number of carbonyl (C=O) groups is 1. The molecule has 0 spiro atoms. The van der Waals surface area contributed by atoms with E-state index >= 15 is 0 Å². The number of aliphatic hydroxyl groups is 1. The SMILES string of the molecule is Cc1cc(C)c2cc(C(=O)NCC(C)(C)CC(C)O)[nH]c2c1. The molecule has 0 aliphatic rings. The molecule has 1 amide bonds. The van der Waals surface area contributed by atoms with E-state index in [0.717, 1.165) is 10.9 Å². The number of aromatic nitrogens is 1. The highest BCUT2D eigenvalue weighted by Gasteiger charge is 2.22. The normalized spacial score (nSPS) is 13.4. The van der Waals surface area contributed by atoms with Crippen LogP contribution in [0.3, 0.4) is 0 Å². The molecule has 0 saturated carbocycles. The minimum absolute atomic E-state index is 0.105. The molecule has 1 unspecified atom stereocenters. The van der Waals surface area contributed by atoms with Gasteiger partial charge in [0.05, 0.1) is 6.10 Å². The molecule has 0 aliphatic heterocycles. The summed E-state index contributed by atoms with van der Waals surface area (Å²) in [4.78, 5) is 15.5. The van der Waals surface area contributed by atoms with Gasteiger partial charge < -0.3 is 15.4 Å². The Morgan fingerprint density at radius 1 is 1.32 bits per heavy atom. The van der Waals surface area contributed by atoms with Crippen molar-refractivity contribution in [2.75, 3.05) is 6.54 Å². The second kappa shape index (κ2) is 6.13. The largest absolute Gasteiger partial charge is 0.393 e. The highest BCUT2D eigenvalue weighted by molar-refractivity contribution is 5.99. The van der Waals surface area contributed by atoms with Gasteiger partial charge in [-0.3, -0.25) is 4.79 Å². The first-order chi connectivity index (χ1) is 10.2. The number of aromatic amines is 1. The second-order valence-electron chi connectivity index (χ2n) is 7.13. The van der Waals surface area contributed by atoms with E-state index in [2.05, 4.69) is 29.4 Å². The van der Waals surface area contributed by atoms with Crippen molar-refractivity contribution in [2.24, 2.45) is 5.41 Å². The van der Waals surface area contributed by atoms with Gasteiger partial charge in [0, 0.05) is 17.4 Å². The zero-order valence-corrected chi connectivity index (χ0v) is 14.1. The molecule has 22 heavy (non-hydrogen) atoms. The van der Waals surface area contributed by atoms with Crippen LogP contribution in [0.15, 0.2) is 18.2 Å². The maximum atomic E-state index is 12.3. The monoisotopic (exact) mass is 302 g/mol. The topological polar surface area (TPSA) is 65.1 Å². The first kappa shape index (κ1) is 16.6. The standard InChI is InChI=1S/C18H26N2O2/c1-11-6-12(2)14-8-16(20-15(14)7-11)17(22)19-10-18(4,5)9-13(3)21/h6-8,13,20-21H,9-10H2,1-5H3,(H,19,22). The number of H-pyrrole nitrogens is 1. The van der Waals surface area contributed by atoms with E-state index in [4.69, 9.17) is 0 Å². The summed E-state index contributed by atoms with van der Waals surface area (Å²) in [5.74, 6) is -0.105. The minimum Gasteiger partial charge on any atom is -0.393 e. The van der Waals surface area contributed by atoms with E-state index in [1.54, 1.807) is 6.92 Å². The highest BCUT2D eigenvalue weighted by atomic mass is 16.3. The van der Waals surface area contributed by atoms with E-state index in [1.807, 2.05) is 26.8 Å². The van der Waals surface area contributed by atoms with Crippen molar-refractivity contribution in [3.8, 4) is 0 Å². The molecule has 2 aromatic rings. The Labute approximate surface area is 131 Å². The number of hydrogen-bond acceptors (Lipinski definition) is 2. The first-order valence-corrected chi connectivity index (χ1v) is 7.74. The molecule has 0 bridgehead atoms. The van der Waals surface area contributed by atoms with E-state index < -0.39 is 0 Å². The van der Waals surface area contributed by atoms with Crippen molar-refractivity contribution in [2.45, 2.75) is 47.1 Å². The molecular weight excluding hydrogens is 276 g/mol. The van der Waals surface area contributed by atoms with Crippen molar-refractivity contribution in [3.05, 3.63) is 35.0 Å². The van der Waals surface area contributed by atoms with Crippen LogP contribution in [0.1, 0.15) is 48.8 Å². The zero-order valence-electron chi connectivity index (χ0n) is 14.1. The second-order valence-corrected chi connectivity index (χ2v) is 7.13. The molecule has 4 heteroatoms. The molecule has 2 rings (SSSR count). The van der Waals surface area contributed by atoms with Crippen molar-refractivity contribution >= 4 is 16.8 Å². The van der Waals surface area contributed by atoms with Gasteiger partial charge in [0.1, 0.15) is 5.69 Å². The van der Waals surface area contributed by atoms with Crippen LogP contribution < -0.4 is 5.32 Å². The summed E-state index contributed by atoms with van der Waals surface area (Å²) in [5.41, 5.74) is 3.78. The van der Waals surface area contributed by atoms with Gasteiger partial charge in [-0.05, 0) is 55.9 Å². The Morgan fingerprint density at radius 3 is 2.64 bits per heavy atom.